The van der Waals surface area contributed by atoms with Crippen LogP contribution in [0.4, 0.5) is 13.2 Å². The van der Waals surface area contributed by atoms with E-state index in [2.05, 4.69) is 68.3 Å². The molecule has 1 aromatic heterocycles. The lowest BCUT2D eigenvalue weighted by molar-refractivity contribution is -0.0533. The molecule has 2 atom stereocenters. The molecule has 5 nitrogen and oxygen atoms in total. The van der Waals surface area contributed by atoms with Gasteiger partial charge in [0.05, 0.1) is 0 Å². The highest BCUT2D eigenvalue weighted by Gasteiger charge is 2.53. The second kappa shape index (κ2) is 11.5. The van der Waals surface area contributed by atoms with Crippen molar-refractivity contribution in [1.82, 2.24) is 0 Å². The van der Waals surface area contributed by atoms with E-state index >= 15 is 0 Å². The average Bonchev–Trinajstić information content (AvgIpc) is 3.28. The van der Waals surface area contributed by atoms with Crippen LogP contribution in [0.2, 0.25) is 16.6 Å². The van der Waals surface area contributed by atoms with Gasteiger partial charge in [0.1, 0.15) is 17.3 Å². The second-order valence-electron chi connectivity index (χ2n) is 10.4. The van der Waals surface area contributed by atoms with Gasteiger partial charge in [-0.2, -0.15) is 21.6 Å². The van der Waals surface area contributed by atoms with Crippen LogP contribution in [-0.2, 0) is 25.1 Å². The molecule has 0 fully saturated rings. The molecule has 11 heteroatoms. The first-order valence-corrected chi connectivity index (χ1v) is 17.1. The highest BCUT2D eigenvalue weighted by Crippen LogP contribution is 2.53. The van der Waals surface area contributed by atoms with Crippen LogP contribution in [0, 0.1) is 5.41 Å². The van der Waals surface area contributed by atoms with E-state index in [0.29, 0.717) is 52.7 Å². The Bertz CT molecular complexity index is 966. The fourth-order valence-electron chi connectivity index (χ4n) is 5.65. The molecule has 0 radical (unpaired) electrons. The van der Waals surface area contributed by atoms with Crippen LogP contribution in [0.1, 0.15) is 78.7 Å². The average molecular weight is 651 g/mol. The molecule has 0 bridgehead atoms. The number of hydrogen-bond acceptors (Lipinski definition) is 5. The van der Waals surface area contributed by atoms with Gasteiger partial charge in [0.15, 0.2) is 8.32 Å². The molecule has 1 aliphatic carbocycles. The number of furan rings is 1. The van der Waals surface area contributed by atoms with Gasteiger partial charge in [-0.3, -0.25) is 0 Å². The van der Waals surface area contributed by atoms with E-state index in [1.54, 1.807) is 6.92 Å². The molecule has 1 aliphatic rings. The molecular formula is C24H38F3IO5SSi. The lowest BCUT2D eigenvalue weighted by Gasteiger charge is -2.42. The van der Waals surface area contributed by atoms with E-state index < -0.39 is 29.4 Å². The third-order valence-electron chi connectivity index (χ3n) is 7.40. The van der Waals surface area contributed by atoms with Gasteiger partial charge in [-0.25, -0.2) is 0 Å². The van der Waals surface area contributed by atoms with Gasteiger partial charge in [0.2, 0.25) is 0 Å². The van der Waals surface area contributed by atoms with E-state index in [1.807, 2.05) is 12.1 Å². The number of allylic oxidation sites excluding steroid dienone is 2. The van der Waals surface area contributed by atoms with Gasteiger partial charge in [0.25, 0.3) is 0 Å². The molecule has 0 spiro atoms. The first kappa shape index (κ1) is 30.7. The standard InChI is InChI=1S/C24H38F3IO5SSi/c1-16(2)35(17(3)4,18(5)6)31-15-12-19-8-10-21(32-19)20-9-11-22(23(20,7)13-14-28)33-34(29,30)24(25,26)27/h8,10-11,16-18,20H,9,12-15H2,1-7H3/t20-,23-/m0/s1. The quantitative estimate of drug-likeness (QED) is 0.0753. The Morgan fingerprint density at radius 2 is 1.71 bits per heavy atom. The van der Waals surface area contributed by atoms with E-state index in [1.165, 1.54) is 6.08 Å². The van der Waals surface area contributed by atoms with Gasteiger partial charge in [0, 0.05) is 28.8 Å². The Hall–Kier alpha value is -0.533. The highest BCUT2D eigenvalue weighted by atomic mass is 127. The molecule has 0 aromatic carbocycles. The van der Waals surface area contributed by atoms with Crippen LogP contribution >= 0.6 is 22.6 Å². The molecular weight excluding hydrogens is 612 g/mol. The Kier molecular flexibility index (Phi) is 10.1. The largest absolute Gasteiger partial charge is 0.534 e. The van der Waals surface area contributed by atoms with Crippen LogP contribution in [0.25, 0.3) is 0 Å². The maximum atomic E-state index is 12.9. The van der Waals surface area contributed by atoms with Crippen molar-refractivity contribution < 1.29 is 34.6 Å². The van der Waals surface area contributed by atoms with Crippen molar-refractivity contribution >= 4 is 41.0 Å². The lowest BCUT2D eigenvalue weighted by Crippen LogP contribution is -2.48. The van der Waals surface area contributed by atoms with Crippen LogP contribution in [-0.4, -0.2) is 33.3 Å². The van der Waals surface area contributed by atoms with Gasteiger partial charge in [-0.1, -0.05) is 71.1 Å². The maximum absolute atomic E-state index is 12.9. The zero-order chi connectivity index (χ0) is 26.8. The van der Waals surface area contributed by atoms with Crippen molar-refractivity contribution in [2.24, 2.45) is 5.41 Å². The SMILES string of the molecule is CC(C)[Si](OCCc1ccc([C@@H]2CC=C(OS(=O)(=O)C(F)(F)F)[C@@]2(C)CCI)o1)(C(C)C)C(C)C. The van der Waals surface area contributed by atoms with Crippen molar-refractivity contribution in [3.8, 4) is 0 Å². The molecule has 1 heterocycles. The number of rotatable bonds is 12. The monoisotopic (exact) mass is 650 g/mol. The summed E-state index contributed by atoms with van der Waals surface area (Å²) in [5.74, 6) is 0.875. The number of alkyl halides is 4. The summed E-state index contributed by atoms with van der Waals surface area (Å²) < 4.78 is 80.1. The van der Waals surface area contributed by atoms with E-state index in [9.17, 15) is 21.6 Å². The van der Waals surface area contributed by atoms with Crippen molar-refractivity contribution in [1.29, 1.82) is 0 Å². The van der Waals surface area contributed by atoms with Crippen molar-refractivity contribution in [3.05, 3.63) is 35.5 Å². The first-order chi connectivity index (χ1) is 16.0. The van der Waals surface area contributed by atoms with Crippen molar-refractivity contribution in [2.45, 2.75) is 95.8 Å². The fraction of sp³-hybridized carbons (Fsp3) is 0.750. The van der Waals surface area contributed by atoms with E-state index in [4.69, 9.17) is 8.84 Å². The van der Waals surface area contributed by atoms with Gasteiger partial charge in [-0.15, -0.1) is 0 Å². The van der Waals surface area contributed by atoms with Crippen molar-refractivity contribution in [2.75, 3.05) is 11.0 Å². The topological polar surface area (TPSA) is 65.7 Å². The number of halogens is 4. The lowest BCUT2D eigenvalue weighted by atomic mass is 9.75. The van der Waals surface area contributed by atoms with Crippen molar-refractivity contribution in [3.63, 3.8) is 0 Å². The molecule has 0 saturated carbocycles. The third kappa shape index (κ3) is 6.31. The molecule has 2 rings (SSSR count). The van der Waals surface area contributed by atoms with Gasteiger partial charge < -0.3 is 13.0 Å². The summed E-state index contributed by atoms with van der Waals surface area (Å²) in [6, 6.07) is 3.70. The molecule has 0 saturated heterocycles. The molecule has 0 amide bonds. The number of hydrogen-bond donors (Lipinski definition) is 0. The fourth-order valence-corrected chi connectivity index (χ4v) is 12.8. The normalized spacial score (nSPS) is 21.9. The molecule has 1 aromatic rings. The summed E-state index contributed by atoms with van der Waals surface area (Å²) in [7, 11) is -7.73. The molecule has 35 heavy (non-hydrogen) atoms. The Morgan fingerprint density at radius 1 is 1.14 bits per heavy atom. The smallest absolute Gasteiger partial charge is 0.466 e. The van der Waals surface area contributed by atoms with E-state index in [0.717, 1.165) is 5.76 Å². The summed E-state index contributed by atoms with van der Waals surface area (Å²) in [5.41, 5.74) is -4.99. The summed E-state index contributed by atoms with van der Waals surface area (Å²) in [5, 5.41) is 0. The molecule has 202 valence electrons. The molecule has 0 aliphatic heterocycles. The Balaban J connectivity index is 2.18. The summed E-state index contributed by atoms with van der Waals surface area (Å²) >= 11 is 2.13. The second-order valence-corrected chi connectivity index (χ2v) is 18.5. The minimum Gasteiger partial charge on any atom is -0.466 e. The predicted octanol–water partition coefficient (Wildman–Crippen LogP) is 8.08. The summed E-state index contributed by atoms with van der Waals surface area (Å²) in [6.07, 6.45) is 2.82. The van der Waals surface area contributed by atoms with Crippen LogP contribution in [0.5, 0.6) is 0 Å². The minimum atomic E-state index is -5.73. The Morgan fingerprint density at radius 3 is 2.20 bits per heavy atom. The molecule has 0 N–H and O–H groups in total. The van der Waals surface area contributed by atoms with Gasteiger partial charge >= 0.3 is 15.6 Å². The third-order valence-corrected chi connectivity index (χ3v) is 15.0. The summed E-state index contributed by atoms with van der Waals surface area (Å²) in [6.45, 7) is 15.7. The zero-order valence-corrected chi connectivity index (χ0v) is 25.5. The Labute approximate surface area is 222 Å². The van der Waals surface area contributed by atoms with Crippen LogP contribution < -0.4 is 0 Å². The molecule has 0 unspecified atom stereocenters. The first-order valence-electron chi connectivity index (χ1n) is 12.0. The van der Waals surface area contributed by atoms with Crippen LogP contribution in [0.3, 0.4) is 0 Å². The van der Waals surface area contributed by atoms with Gasteiger partial charge in [-0.05, 0) is 47.7 Å². The highest BCUT2D eigenvalue weighted by molar-refractivity contribution is 14.1. The summed E-state index contributed by atoms with van der Waals surface area (Å²) in [4.78, 5) is 0. The van der Waals surface area contributed by atoms with Crippen LogP contribution in [0.15, 0.2) is 28.4 Å². The minimum absolute atomic E-state index is 0.167. The van der Waals surface area contributed by atoms with E-state index in [-0.39, 0.29) is 11.7 Å². The maximum Gasteiger partial charge on any atom is 0.534 e. The predicted molar refractivity (Wildman–Crippen MR) is 143 cm³/mol. The zero-order valence-electron chi connectivity index (χ0n) is 21.5.